The SMILES string of the molecule is N=[C-]c1ccccn1.[Re]. The zero-order valence-electron chi connectivity index (χ0n) is 4.63. The van der Waals surface area contributed by atoms with E-state index in [2.05, 4.69) is 11.2 Å². The molecule has 0 bridgehead atoms. The molecule has 0 saturated heterocycles. The van der Waals surface area contributed by atoms with Crippen LogP contribution in [0.4, 0.5) is 0 Å². The molecule has 1 aromatic heterocycles. The van der Waals surface area contributed by atoms with E-state index in [4.69, 9.17) is 5.41 Å². The number of hydrogen-bond donors (Lipinski definition) is 1. The zero-order valence-corrected chi connectivity index (χ0v) is 7.35. The maximum Gasteiger partial charge on any atom is 0.0223 e. The second-order valence-electron chi connectivity index (χ2n) is 1.34. The molecule has 0 unspecified atom stereocenters. The fourth-order valence-electron chi connectivity index (χ4n) is 0.437. The van der Waals surface area contributed by atoms with Crippen molar-refractivity contribution in [2.45, 2.75) is 0 Å². The van der Waals surface area contributed by atoms with Gasteiger partial charge in [0.25, 0.3) is 0 Å². The second-order valence-corrected chi connectivity index (χ2v) is 1.34. The van der Waals surface area contributed by atoms with Crippen LogP contribution in [0, 0.1) is 5.41 Å². The summed E-state index contributed by atoms with van der Waals surface area (Å²) in [5.41, 5.74) is 0.576. The van der Waals surface area contributed by atoms with Crippen molar-refractivity contribution in [2.75, 3.05) is 0 Å². The minimum atomic E-state index is 0. The minimum absolute atomic E-state index is 0. The molecular formula is C6H5N2Re-. The van der Waals surface area contributed by atoms with Crippen LogP contribution in [0.1, 0.15) is 5.69 Å². The summed E-state index contributed by atoms with van der Waals surface area (Å²) in [7, 11) is 0. The molecule has 47 valence electrons. The normalized spacial score (nSPS) is 7.56. The fourth-order valence-corrected chi connectivity index (χ4v) is 0.437. The van der Waals surface area contributed by atoms with E-state index < -0.39 is 0 Å². The van der Waals surface area contributed by atoms with Gasteiger partial charge in [0.1, 0.15) is 0 Å². The molecule has 9 heavy (non-hydrogen) atoms. The first-order valence-electron chi connectivity index (χ1n) is 2.27. The van der Waals surface area contributed by atoms with Gasteiger partial charge in [0.2, 0.25) is 0 Å². The van der Waals surface area contributed by atoms with Crippen LogP contribution in [-0.2, 0) is 20.4 Å². The van der Waals surface area contributed by atoms with E-state index in [1.807, 2.05) is 6.07 Å². The molecule has 0 fully saturated rings. The summed E-state index contributed by atoms with van der Waals surface area (Å²) in [5.74, 6) is 0. The third kappa shape index (κ3) is 2.50. The molecule has 1 aromatic rings. The zero-order chi connectivity index (χ0) is 5.82. The molecule has 1 heterocycles. The van der Waals surface area contributed by atoms with Crippen LogP contribution in [-0.4, -0.2) is 11.2 Å². The summed E-state index contributed by atoms with van der Waals surface area (Å²) in [6, 6.07) is 5.36. The summed E-state index contributed by atoms with van der Waals surface area (Å²) < 4.78 is 0. The molecule has 3 heteroatoms. The van der Waals surface area contributed by atoms with Crippen LogP contribution in [0.15, 0.2) is 24.4 Å². The predicted molar refractivity (Wildman–Crippen MR) is 31.1 cm³/mol. The van der Waals surface area contributed by atoms with Gasteiger partial charge >= 0.3 is 0 Å². The van der Waals surface area contributed by atoms with Gasteiger partial charge in [0.05, 0.1) is 0 Å². The van der Waals surface area contributed by atoms with Gasteiger partial charge in [0, 0.05) is 26.6 Å². The third-order valence-electron chi connectivity index (χ3n) is 0.793. The van der Waals surface area contributed by atoms with Gasteiger partial charge in [-0.15, -0.1) is 12.3 Å². The van der Waals surface area contributed by atoms with Gasteiger partial charge in [-0.1, -0.05) is 11.8 Å². The van der Waals surface area contributed by atoms with Gasteiger partial charge < -0.3 is 5.41 Å². The summed E-state index contributed by atoms with van der Waals surface area (Å²) in [5, 5.41) is 6.63. The van der Waals surface area contributed by atoms with Crippen molar-refractivity contribution in [1.82, 2.24) is 4.98 Å². The molecule has 1 N–H and O–H groups in total. The Kier molecular flexibility index (Phi) is 4.12. The Bertz CT molecular complexity index is 174. The number of nitrogens with zero attached hydrogens (tertiary/aromatic N) is 1. The van der Waals surface area contributed by atoms with Gasteiger partial charge in [-0.05, 0) is 0 Å². The van der Waals surface area contributed by atoms with Crippen LogP contribution in [0.2, 0.25) is 0 Å². The van der Waals surface area contributed by atoms with Crippen molar-refractivity contribution in [2.24, 2.45) is 0 Å². The van der Waals surface area contributed by atoms with Crippen molar-refractivity contribution < 1.29 is 20.4 Å². The Hall–Kier alpha value is -0.518. The molecule has 0 aromatic carbocycles. The van der Waals surface area contributed by atoms with E-state index in [0.717, 1.165) is 0 Å². The van der Waals surface area contributed by atoms with Crippen molar-refractivity contribution >= 4 is 6.21 Å². The van der Waals surface area contributed by atoms with Crippen LogP contribution in [0.5, 0.6) is 0 Å². The summed E-state index contributed by atoms with van der Waals surface area (Å²) in [6.07, 6.45) is 3.80. The van der Waals surface area contributed by atoms with Gasteiger partial charge in [-0.25, -0.2) is 0 Å². The Balaban J connectivity index is 0.000000640. The first kappa shape index (κ1) is 8.48. The Morgan fingerprint density at radius 2 is 2.22 bits per heavy atom. The summed E-state index contributed by atoms with van der Waals surface area (Å²) in [4.78, 5) is 3.80. The predicted octanol–water partition coefficient (Wildman–Crippen LogP) is 0.954. The molecule has 1 radical (unpaired) electrons. The molecule has 0 aliphatic rings. The molecule has 1 rings (SSSR count). The van der Waals surface area contributed by atoms with E-state index in [0.29, 0.717) is 5.69 Å². The van der Waals surface area contributed by atoms with Crippen molar-refractivity contribution in [3.63, 3.8) is 0 Å². The van der Waals surface area contributed by atoms with E-state index in [9.17, 15) is 0 Å². The number of aromatic nitrogens is 1. The van der Waals surface area contributed by atoms with E-state index in [1.54, 1.807) is 18.3 Å². The maximum atomic E-state index is 6.63. The van der Waals surface area contributed by atoms with Crippen LogP contribution < -0.4 is 0 Å². The quantitative estimate of drug-likeness (QED) is 0.607. The van der Waals surface area contributed by atoms with E-state index in [-0.39, 0.29) is 20.4 Å². The minimum Gasteiger partial charge on any atom is -0.410 e. The van der Waals surface area contributed by atoms with Crippen LogP contribution in [0.3, 0.4) is 0 Å². The molecule has 0 amide bonds. The molecule has 0 spiro atoms. The molecule has 0 saturated carbocycles. The van der Waals surface area contributed by atoms with Gasteiger partial charge in [-0.3, -0.25) is 4.98 Å². The first-order chi connectivity index (χ1) is 3.93. The summed E-state index contributed by atoms with van der Waals surface area (Å²) >= 11 is 0. The number of hydrogen-bond acceptors (Lipinski definition) is 2. The van der Waals surface area contributed by atoms with Crippen LogP contribution in [0.25, 0.3) is 0 Å². The van der Waals surface area contributed by atoms with Gasteiger partial charge in [0.15, 0.2) is 0 Å². The largest absolute Gasteiger partial charge is 0.410 e. The van der Waals surface area contributed by atoms with Crippen LogP contribution >= 0.6 is 0 Å². The molecule has 0 aliphatic carbocycles. The second kappa shape index (κ2) is 4.37. The molecular weight excluding hydrogens is 286 g/mol. The average Bonchev–Trinajstić information content (AvgIpc) is 1.90. The first-order valence-corrected chi connectivity index (χ1v) is 2.27. The van der Waals surface area contributed by atoms with E-state index >= 15 is 0 Å². The third-order valence-corrected chi connectivity index (χ3v) is 0.793. The average molecular weight is 291 g/mol. The maximum absolute atomic E-state index is 6.63. The van der Waals surface area contributed by atoms with Crippen molar-refractivity contribution in [3.05, 3.63) is 30.1 Å². The Morgan fingerprint density at radius 1 is 1.44 bits per heavy atom. The van der Waals surface area contributed by atoms with Crippen molar-refractivity contribution in [1.29, 1.82) is 5.41 Å². The van der Waals surface area contributed by atoms with Gasteiger partial charge in [-0.2, -0.15) is 6.07 Å². The Morgan fingerprint density at radius 3 is 2.56 bits per heavy atom. The Labute approximate surface area is 67.5 Å². The standard InChI is InChI=1S/C6H5N2.Re/c7-5-6-3-1-2-4-8-6;/h1-4,7H;/q-1;. The smallest absolute Gasteiger partial charge is 0.0223 e. The summed E-state index contributed by atoms with van der Waals surface area (Å²) in [6.45, 7) is 0. The molecule has 0 atom stereocenters. The fraction of sp³-hybridized carbons (Fsp3) is 0. The number of rotatable bonds is 1. The van der Waals surface area contributed by atoms with E-state index in [1.165, 1.54) is 0 Å². The van der Waals surface area contributed by atoms with Crippen molar-refractivity contribution in [3.8, 4) is 0 Å². The number of pyridine rings is 1. The monoisotopic (exact) mass is 292 g/mol. The topological polar surface area (TPSA) is 36.7 Å². The molecule has 0 aliphatic heterocycles. The number of nitrogens with one attached hydrogen (secondary N) is 1. The molecule has 2 nitrogen and oxygen atoms in total.